The molecule has 2 fully saturated rings. The standard InChI is InChI=1S/C12H16O/c13-8-9-5-10-1-2-12(3-4-12)7-11(10)6-9/h1,8-9,11H,2-7H2. The van der Waals surface area contributed by atoms with Gasteiger partial charge in [-0.1, -0.05) is 11.6 Å². The van der Waals surface area contributed by atoms with Gasteiger partial charge in [-0.05, 0) is 49.9 Å². The van der Waals surface area contributed by atoms with E-state index in [1.54, 1.807) is 5.57 Å². The number of aldehydes is 1. The van der Waals surface area contributed by atoms with Gasteiger partial charge in [-0.2, -0.15) is 0 Å². The molecule has 13 heavy (non-hydrogen) atoms. The van der Waals surface area contributed by atoms with Crippen LogP contribution in [0.5, 0.6) is 0 Å². The Labute approximate surface area is 79.2 Å². The molecule has 0 amide bonds. The van der Waals surface area contributed by atoms with E-state index in [0.29, 0.717) is 11.3 Å². The number of hydrogen-bond acceptors (Lipinski definition) is 1. The summed E-state index contributed by atoms with van der Waals surface area (Å²) in [6.45, 7) is 0. The summed E-state index contributed by atoms with van der Waals surface area (Å²) in [5.41, 5.74) is 2.32. The first-order valence-corrected chi connectivity index (χ1v) is 5.46. The SMILES string of the molecule is O=CC1CC2=CCC3(CC3)CC2C1. The van der Waals surface area contributed by atoms with Crippen molar-refractivity contribution in [2.75, 3.05) is 0 Å². The third-order valence-corrected chi connectivity index (χ3v) is 4.24. The van der Waals surface area contributed by atoms with Gasteiger partial charge in [0.2, 0.25) is 0 Å². The Bertz CT molecular complexity index is 273. The predicted molar refractivity (Wildman–Crippen MR) is 51.3 cm³/mol. The summed E-state index contributed by atoms with van der Waals surface area (Å²) in [7, 11) is 0. The molecule has 3 aliphatic rings. The van der Waals surface area contributed by atoms with Crippen LogP contribution in [0.4, 0.5) is 0 Å². The normalized spacial score (nSPS) is 39.8. The van der Waals surface area contributed by atoms with Crippen LogP contribution in [-0.4, -0.2) is 6.29 Å². The van der Waals surface area contributed by atoms with E-state index in [4.69, 9.17) is 0 Å². The Morgan fingerprint density at radius 1 is 1.46 bits per heavy atom. The lowest BCUT2D eigenvalue weighted by molar-refractivity contribution is -0.110. The zero-order valence-corrected chi connectivity index (χ0v) is 7.96. The van der Waals surface area contributed by atoms with E-state index < -0.39 is 0 Å². The van der Waals surface area contributed by atoms with Crippen LogP contribution < -0.4 is 0 Å². The zero-order valence-electron chi connectivity index (χ0n) is 7.96. The van der Waals surface area contributed by atoms with E-state index in [0.717, 1.165) is 18.8 Å². The van der Waals surface area contributed by atoms with Crippen molar-refractivity contribution in [1.29, 1.82) is 0 Å². The molecular formula is C12H16O. The minimum atomic E-state index is 0.352. The Morgan fingerprint density at radius 2 is 2.31 bits per heavy atom. The Hall–Kier alpha value is -0.590. The summed E-state index contributed by atoms with van der Waals surface area (Å²) in [5, 5.41) is 0. The van der Waals surface area contributed by atoms with E-state index in [9.17, 15) is 4.79 Å². The number of carbonyl (C=O) groups is 1. The van der Waals surface area contributed by atoms with Gasteiger partial charge in [-0.3, -0.25) is 0 Å². The van der Waals surface area contributed by atoms with E-state index in [2.05, 4.69) is 6.08 Å². The molecule has 0 aromatic heterocycles. The Kier molecular flexibility index (Phi) is 1.47. The fourth-order valence-corrected chi connectivity index (χ4v) is 3.18. The highest BCUT2D eigenvalue weighted by Crippen LogP contribution is 2.59. The van der Waals surface area contributed by atoms with Crippen LogP contribution in [0, 0.1) is 17.3 Å². The topological polar surface area (TPSA) is 17.1 Å². The minimum Gasteiger partial charge on any atom is -0.303 e. The van der Waals surface area contributed by atoms with Crippen LogP contribution in [-0.2, 0) is 4.79 Å². The lowest BCUT2D eigenvalue weighted by Crippen LogP contribution is -2.13. The molecule has 0 saturated heterocycles. The lowest BCUT2D eigenvalue weighted by Gasteiger charge is -2.25. The molecule has 70 valence electrons. The summed E-state index contributed by atoms with van der Waals surface area (Å²) in [4.78, 5) is 10.7. The third kappa shape index (κ3) is 1.17. The second kappa shape index (κ2) is 2.46. The van der Waals surface area contributed by atoms with Crippen LogP contribution in [0.1, 0.15) is 38.5 Å². The molecule has 1 nitrogen and oxygen atoms in total. The quantitative estimate of drug-likeness (QED) is 0.443. The molecule has 0 aromatic rings. The predicted octanol–water partition coefficient (Wildman–Crippen LogP) is 2.71. The first-order chi connectivity index (χ1) is 6.31. The summed E-state index contributed by atoms with van der Waals surface area (Å²) >= 11 is 0. The fraction of sp³-hybridized carbons (Fsp3) is 0.750. The zero-order chi connectivity index (χ0) is 8.89. The van der Waals surface area contributed by atoms with Crippen molar-refractivity contribution in [3.05, 3.63) is 11.6 Å². The van der Waals surface area contributed by atoms with Crippen LogP contribution in [0.15, 0.2) is 11.6 Å². The molecule has 0 radical (unpaired) electrons. The third-order valence-electron chi connectivity index (χ3n) is 4.24. The maximum atomic E-state index is 10.7. The summed E-state index contributed by atoms with van der Waals surface area (Å²) in [6, 6.07) is 0. The second-order valence-electron chi connectivity index (χ2n) is 5.22. The van der Waals surface area contributed by atoms with Crippen LogP contribution in [0.3, 0.4) is 0 Å². The van der Waals surface area contributed by atoms with Crippen LogP contribution in [0.25, 0.3) is 0 Å². The molecule has 2 saturated carbocycles. The lowest BCUT2D eigenvalue weighted by atomic mass is 9.80. The molecule has 0 N–H and O–H groups in total. The maximum absolute atomic E-state index is 10.7. The second-order valence-corrected chi connectivity index (χ2v) is 5.22. The highest BCUT2D eigenvalue weighted by molar-refractivity contribution is 5.56. The van der Waals surface area contributed by atoms with E-state index in [1.807, 2.05) is 0 Å². The van der Waals surface area contributed by atoms with Crippen LogP contribution in [0.2, 0.25) is 0 Å². The van der Waals surface area contributed by atoms with Gasteiger partial charge in [0.15, 0.2) is 0 Å². The first-order valence-electron chi connectivity index (χ1n) is 5.46. The molecule has 3 rings (SSSR count). The van der Waals surface area contributed by atoms with Crippen molar-refractivity contribution in [2.24, 2.45) is 17.3 Å². The first kappa shape index (κ1) is 7.78. The number of rotatable bonds is 1. The van der Waals surface area contributed by atoms with Gasteiger partial charge in [0.05, 0.1) is 0 Å². The minimum absolute atomic E-state index is 0.352. The van der Waals surface area contributed by atoms with Crippen molar-refractivity contribution in [2.45, 2.75) is 38.5 Å². The van der Waals surface area contributed by atoms with Gasteiger partial charge < -0.3 is 4.79 Å². The average Bonchev–Trinajstić information content (AvgIpc) is 2.77. The molecule has 0 aliphatic heterocycles. The van der Waals surface area contributed by atoms with E-state index in [1.165, 1.54) is 32.0 Å². The van der Waals surface area contributed by atoms with Crippen molar-refractivity contribution in [1.82, 2.24) is 0 Å². The van der Waals surface area contributed by atoms with Gasteiger partial charge in [-0.25, -0.2) is 0 Å². The molecule has 3 aliphatic carbocycles. The summed E-state index contributed by atoms with van der Waals surface area (Å²) < 4.78 is 0. The molecule has 2 atom stereocenters. The smallest absolute Gasteiger partial charge is 0.123 e. The van der Waals surface area contributed by atoms with Crippen LogP contribution >= 0.6 is 0 Å². The van der Waals surface area contributed by atoms with Gasteiger partial charge in [0.1, 0.15) is 6.29 Å². The van der Waals surface area contributed by atoms with Crippen molar-refractivity contribution < 1.29 is 4.79 Å². The number of carbonyl (C=O) groups excluding carboxylic acids is 1. The molecule has 2 unspecified atom stereocenters. The van der Waals surface area contributed by atoms with E-state index >= 15 is 0 Å². The van der Waals surface area contributed by atoms with Crippen molar-refractivity contribution in [3.63, 3.8) is 0 Å². The van der Waals surface area contributed by atoms with Gasteiger partial charge >= 0.3 is 0 Å². The average molecular weight is 176 g/mol. The molecule has 1 spiro atoms. The molecule has 0 heterocycles. The highest BCUT2D eigenvalue weighted by Gasteiger charge is 2.47. The fourth-order valence-electron chi connectivity index (χ4n) is 3.18. The summed E-state index contributed by atoms with van der Waals surface area (Å²) in [5.74, 6) is 1.14. The summed E-state index contributed by atoms with van der Waals surface area (Å²) in [6.07, 6.45) is 11.4. The van der Waals surface area contributed by atoms with E-state index in [-0.39, 0.29) is 0 Å². The number of fused-ring (bicyclic) bond motifs is 1. The maximum Gasteiger partial charge on any atom is 0.123 e. The number of hydrogen-bond donors (Lipinski definition) is 0. The molecule has 0 aromatic carbocycles. The molecule has 1 heteroatoms. The monoisotopic (exact) mass is 176 g/mol. The van der Waals surface area contributed by atoms with Crippen molar-refractivity contribution >= 4 is 6.29 Å². The molecule has 0 bridgehead atoms. The Balaban J connectivity index is 1.80. The van der Waals surface area contributed by atoms with Gasteiger partial charge in [0.25, 0.3) is 0 Å². The van der Waals surface area contributed by atoms with Gasteiger partial charge in [0, 0.05) is 5.92 Å². The number of allylic oxidation sites excluding steroid dienone is 2. The Morgan fingerprint density at radius 3 is 3.00 bits per heavy atom. The highest BCUT2D eigenvalue weighted by atomic mass is 16.1. The molecular weight excluding hydrogens is 160 g/mol. The largest absolute Gasteiger partial charge is 0.303 e. The van der Waals surface area contributed by atoms with Gasteiger partial charge in [-0.15, -0.1) is 0 Å². The van der Waals surface area contributed by atoms with Crippen molar-refractivity contribution in [3.8, 4) is 0 Å².